The fourth-order valence-electron chi connectivity index (χ4n) is 0.664. The SMILES string of the molecule is C=[C](C)[Co](=[O])[CH2][SiH](OC)OC(C)C. The van der Waals surface area contributed by atoms with E-state index in [-0.39, 0.29) is 6.10 Å². The van der Waals surface area contributed by atoms with Gasteiger partial charge in [0.15, 0.2) is 0 Å². The molecule has 1 unspecified atom stereocenters. The van der Waals surface area contributed by atoms with Crippen molar-refractivity contribution in [3.05, 3.63) is 11.1 Å². The average molecular weight is 249 g/mol. The van der Waals surface area contributed by atoms with Gasteiger partial charge in [0.2, 0.25) is 0 Å². The zero-order valence-electron chi connectivity index (χ0n) is 8.63. The van der Waals surface area contributed by atoms with Crippen LogP contribution in [0, 0.1) is 0 Å². The number of allylic oxidation sites excluding steroid dienone is 1. The van der Waals surface area contributed by atoms with Crippen molar-refractivity contribution in [3.63, 3.8) is 0 Å². The van der Waals surface area contributed by atoms with Gasteiger partial charge in [-0.05, 0) is 0 Å². The Balaban J connectivity index is 3.97. The van der Waals surface area contributed by atoms with Crippen LogP contribution >= 0.6 is 0 Å². The van der Waals surface area contributed by atoms with Gasteiger partial charge in [0.1, 0.15) is 0 Å². The zero-order chi connectivity index (χ0) is 10.4. The van der Waals surface area contributed by atoms with Crippen LogP contribution < -0.4 is 0 Å². The first-order chi connectivity index (χ1) is 5.97. The molecule has 0 rings (SSSR count). The van der Waals surface area contributed by atoms with Crippen molar-refractivity contribution in [1.29, 1.82) is 0 Å². The van der Waals surface area contributed by atoms with E-state index in [0.717, 1.165) is 4.51 Å². The molecule has 13 heavy (non-hydrogen) atoms. The Hall–Kier alpha value is 0.183. The Kier molecular flexibility index (Phi) is 6.70. The predicted octanol–water partition coefficient (Wildman–Crippen LogP) is 1.73. The summed E-state index contributed by atoms with van der Waals surface area (Å²) in [6.07, 6.45) is 0.143. The molecule has 0 aliphatic rings. The minimum absolute atomic E-state index is 0.143. The predicted molar refractivity (Wildman–Crippen MR) is 50.7 cm³/mol. The molecule has 5 heteroatoms. The molecule has 1 atom stereocenters. The summed E-state index contributed by atoms with van der Waals surface area (Å²) in [5.41, 5.74) is 0. The molecule has 0 spiro atoms. The summed E-state index contributed by atoms with van der Waals surface area (Å²) >= 11 is -1.33. The van der Waals surface area contributed by atoms with Crippen LogP contribution in [0.2, 0.25) is 4.98 Å². The van der Waals surface area contributed by atoms with Gasteiger partial charge in [-0.25, -0.2) is 0 Å². The molecule has 0 aromatic heterocycles. The molecule has 0 aromatic rings. The summed E-state index contributed by atoms with van der Waals surface area (Å²) in [6, 6.07) is 0. The van der Waals surface area contributed by atoms with Gasteiger partial charge in [0.05, 0.1) is 0 Å². The molecule has 0 amide bonds. The minimum atomic E-state index is -1.73. The van der Waals surface area contributed by atoms with Crippen molar-refractivity contribution < 1.29 is 26.3 Å². The van der Waals surface area contributed by atoms with E-state index >= 15 is 0 Å². The van der Waals surface area contributed by atoms with Gasteiger partial charge in [-0.1, -0.05) is 0 Å². The van der Waals surface area contributed by atoms with Crippen LogP contribution in [0.1, 0.15) is 20.8 Å². The summed E-state index contributed by atoms with van der Waals surface area (Å²) in [7, 11) is -0.119. The van der Waals surface area contributed by atoms with Crippen LogP contribution in [0.4, 0.5) is 0 Å². The molecular weight excluding hydrogens is 231 g/mol. The Labute approximate surface area is 85.9 Å². The van der Waals surface area contributed by atoms with Gasteiger partial charge in [-0.15, -0.1) is 0 Å². The number of hydrogen-bond donors (Lipinski definition) is 0. The Morgan fingerprint density at radius 3 is 2.46 bits per heavy atom. The van der Waals surface area contributed by atoms with Crippen LogP contribution in [0.25, 0.3) is 0 Å². The molecule has 0 aromatic carbocycles. The second kappa shape index (κ2) is 6.61. The van der Waals surface area contributed by atoms with E-state index in [0.29, 0.717) is 4.98 Å². The van der Waals surface area contributed by atoms with Crippen molar-refractivity contribution in [3.8, 4) is 0 Å². The summed E-state index contributed by atoms with van der Waals surface area (Å²) < 4.78 is 22.8. The fraction of sp³-hybridized carbons (Fsp3) is 0.750. The standard InChI is InChI=1S/C5H13O2Si.C3H5.Co.O/c1-5(2)7-8(4)6-3;1-3-2;;/h5,8H,4H2,1-3H3;1H2,2H3;;. The zero-order valence-corrected chi connectivity index (χ0v) is 10.8. The molecule has 81 valence electrons. The van der Waals surface area contributed by atoms with E-state index in [1.807, 2.05) is 13.8 Å². The van der Waals surface area contributed by atoms with Gasteiger partial charge in [-0.3, -0.25) is 0 Å². The monoisotopic (exact) mass is 249 g/mol. The van der Waals surface area contributed by atoms with E-state index in [4.69, 9.17) is 8.85 Å². The van der Waals surface area contributed by atoms with Gasteiger partial charge in [-0.2, -0.15) is 0 Å². The third-order valence-electron chi connectivity index (χ3n) is 1.24. The van der Waals surface area contributed by atoms with E-state index < -0.39 is 22.9 Å². The second-order valence-electron chi connectivity index (χ2n) is 2.91. The van der Waals surface area contributed by atoms with E-state index in [2.05, 4.69) is 6.58 Å². The quantitative estimate of drug-likeness (QED) is 0.672. The van der Waals surface area contributed by atoms with Crippen molar-refractivity contribution in [2.75, 3.05) is 7.11 Å². The first-order valence-electron chi connectivity index (χ1n) is 4.07. The van der Waals surface area contributed by atoms with Crippen LogP contribution in [-0.2, 0) is 26.3 Å². The molecule has 0 heterocycles. The van der Waals surface area contributed by atoms with Crippen LogP contribution in [0.15, 0.2) is 11.1 Å². The second-order valence-corrected chi connectivity index (χ2v) is 7.83. The molecule has 0 bridgehead atoms. The van der Waals surface area contributed by atoms with E-state index in [1.165, 1.54) is 0 Å². The summed E-state index contributed by atoms with van der Waals surface area (Å²) in [4.78, 5) is 0.525. The molecule has 3 nitrogen and oxygen atoms in total. The number of hydrogen-bond acceptors (Lipinski definition) is 3. The van der Waals surface area contributed by atoms with Crippen molar-refractivity contribution >= 4 is 9.28 Å². The van der Waals surface area contributed by atoms with Crippen molar-refractivity contribution in [1.82, 2.24) is 0 Å². The molecule has 0 fully saturated rings. The maximum absolute atomic E-state index is 11.4. The summed E-state index contributed by atoms with van der Waals surface area (Å²) in [5, 5.41) is 0. The van der Waals surface area contributed by atoms with Gasteiger partial charge in [0, 0.05) is 0 Å². The van der Waals surface area contributed by atoms with Gasteiger partial charge >= 0.3 is 85.6 Å². The van der Waals surface area contributed by atoms with Crippen LogP contribution in [-0.4, -0.2) is 22.5 Å². The average Bonchev–Trinajstić information content (AvgIpc) is 2.02. The van der Waals surface area contributed by atoms with Crippen LogP contribution in [0.3, 0.4) is 0 Å². The molecule has 0 N–H and O–H groups in total. The molecule has 0 saturated carbocycles. The maximum atomic E-state index is 11.4. The van der Waals surface area contributed by atoms with Crippen molar-refractivity contribution in [2.24, 2.45) is 0 Å². The van der Waals surface area contributed by atoms with E-state index in [1.54, 1.807) is 14.0 Å². The Morgan fingerprint density at radius 2 is 2.15 bits per heavy atom. The third kappa shape index (κ3) is 6.28. The third-order valence-corrected chi connectivity index (χ3v) is 6.27. The normalized spacial score (nSPS) is 14.4. The molecular formula is C8H18CoO3Si. The first kappa shape index (κ1) is 13.2. The fourth-order valence-corrected chi connectivity index (χ4v) is 4.85. The molecule has 0 radical (unpaired) electrons. The summed E-state index contributed by atoms with van der Waals surface area (Å²) in [6.45, 7) is 9.32. The Bertz CT molecular complexity index is 194. The van der Waals surface area contributed by atoms with Crippen molar-refractivity contribution in [2.45, 2.75) is 31.9 Å². The first-order valence-corrected chi connectivity index (χ1v) is 7.51. The molecule has 0 saturated heterocycles. The van der Waals surface area contributed by atoms with Gasteiger partial charge < -0.3 is 0 Å². The molecule has 0 aliphatic carbocycles. The van der Waals surface area contributed by atoms with E-state index in [9.17, 15) is 3.87 Å². The van der Waals surface area contributed by atoms with Gasteiger partial charge in [0.25, 0.3) is 0 Å². The van der Waals surface area contributed by atoms with Crippen LogP contribution in [0.5, 0.6) is 0 Å². The topological polar surface area (TPSA) is 35.5 Å². The number of rotatable bonds is 6. The summed E-state index contributed by atoms with van der Waals surface area (Å²) in [5.74, 6) is 0. The Morgan fingerprint density at radius 1 is 1.62 bits per heavy atom. The molecule has 0 aliphatic heterocycles.